The van der Waals surface area contributed by atoms with Crippen LogP contribution in [0.5, 0.6) is 5.75 Å². The van der Waals surface area contributed by atoms with E-state index < -0.39 is 11.8 Å². The first-order chi connectivity index (χ1) is 16.5. The van der Waals surface area contributed by atoms with Crippen LogP contribution in [0, 0.1) is 47.8 Å². The molecule has 0 N–H and O–H groups in total. The van der Waals surface area contributed by atoms with Crippen LogP contribution in [-0.4, -0.2) is 24.5 Å². The molecule has 1 aromatic carbocycles. The number of carbonyl (C=O) groups is 2. The molecule has 0 bridgehead atoms. The van der Waals surface area contributed by atoms with Crippen molar-refractivity contribution >= 4 is 11.8 Å². The number of terminal acetylenes is 1. The largest absolute Gasteiger partial charge is 0.479 e. The standard InChI is InChI=1S/C27H33FO4.C2H2/c1-2-27-14-13-20-19-10-8-18(29)15-17(19)7-9-21(20)22(27)11-12-25(27)32-26(30)16-31-24-6-4-3-5-23(24)28;1-2/h3-6,15,19-22,25H,2,7-14,16H2,1H3;1-2H. The zero-order valence-electron chi connectivity index (χ0n) is 20.0. The highest BCUT2D eigenvalue weighted by Crippen LogP contribution is 2.63. The molecule has 1 aromatic rings. The molecule has 0 heterocycles. The van der Waals surface area contributed by atoms with Crippen LogP contribution >= 0.6 is 0 Å². The fourth-order valence-corrected chi connectivity index (χ4v) is 7.68. The average molecular weight is 467 g/mol. The van der Waals surface area contributed by atoms with Crippen molar-refractivity contribution in [1.29, 1.82) is 0 Å². The van der Waals surface area contributed by atoms with E-state index in [1.54, 1.807) is 12.1 Å². The Hall–Kier alpha value is -2.61. The summed E-state index contributed by atoms with van der Waals surface area (Å²) in [6.07, 6.45) is 19.0. The molecule has 4 nitrogen and oxygen atoms in total. The maximum atomic E-state index is 13.8. The monoisotopic (exact) mass is 466 g/mol. The first kappa shape index (κ1) is 24.5. The van der Waals surface area contributed by atoms with Crippen LogP contribution in [0.4, 0.5) is 4.39 Å². The number of benzene rings is 1. The smallest absolute Gasteiger partial charge is 0.344 e. The van der Waals surface area contributed by atoms with Gasteiger partial charge in [-0.1, -0.05) is 24.6 Å². The number of ether oxygens (including phenoxy) is 2. The summed E-state index contributed by atoms with van der Waals surface area (Å²) >= 11 is 0. The van der Waals surface area contributed by atoms with E-state index in [-0.39, 0.29) is 23.9 Å². The number of para-hydroxylation sites is 1. The summed E-state index contributed by atoms with van der Waals surface area (Å²) < 4.78 is 25.2. The summed E-state index contributed by atoms with van der Waals surface area (Å²) in [5, 5.41) is 0. The molecule has 0 aromatic heterocycles. The van der Waals surface area contributed by atoms with E-state index in [2.05, 4.69) is 19.8 Å². The molecular weight excluding hydrogens is 431 g/mol. The second kappa shape index (κ2) is 10.3. The second-order valence-corrected chi connectivity index (χ2v) is 10.2. The number of fused-ring (bicyclic) bond motifs is 5. The molecule has 3 saturated carbocycles. The van der Waals surface area contributed by atoms with Gasteiger partial charge < -0.3 is 9.47 Å². The van der Waals surface area contributed by atoms with Gasteiger partial charge in [0, 0.05) is 11.8 Å². The number of allylic oxidation sites excluding steroid dienone is 1. The number of esters is 1. The van der Waals surface area contributed by atoms with Crippen LogP contribution in [0.3, 0.4) is 0 Å². The Morgan fingerprint density at radius 3 is 2.65 bits per heavy atom. The Morgan fingerprint density at radius 1 is 1.09 bits per heavy atom. The minimum atomic E-state index is -0.472. The second-order valence-electron chi connectivity index (χ2n) is 10.2. The van der Waals surface area contributed by atoms with Crippen LogP contribution in [-0.2, 0) is 14.3 Å². The zero-order valence-corrected chi connectivity index (χ0v) is 20.0. The highest BCUT2D eigenvalue weighted by Gasteiger charge is 2.58. The van der Waals surface area contributed by atoms with E-state index in [0.717, 1.165) is 51.4 Å². The van der Waals surface area contributed by atoms with Gasteiger partial charge in [-0.25, -0.2) is 9.18 Å². The predicted molar refractivity (Wildman–Crippen MR) is 128 cm³/mol. The minimum Gasteiger partial charge on any atom is -0.479 e. The zero-order chi connectivity index (χ0) is 24.3. The lowest BCUT2D eigenvalue weighted by Gasteiger charge is -2.54. The highest BCUT2D eigenvalue weighted by molar-refractivity contribution is 5.91. The number of hydrogen-bond acceptors (Lipinski definition) is 4. The normalized spacial score (nSPS) is 33.8. The van der Waals surface area contributed by atoms with E-state index in [9.17, 15) is 14.0 Å². The fourth-order valence-electron chi connectivity index (χ4n) is 7.68. The van der Waals surface area contributed by atoms with Crippen molar-refractivity contribution in [3.05, 3.63) is 41.7 Å². The Bertz CT molecular complexity index is 966. The third-order valence-corrected chi connectivity index (χ3v) is 9.05. The van der Waals surface area contributed by atoms with Gasteiger partial charge in [0.1, 0.15) is 6.10 Å². The third kappa shape index (κ3) is 4.40. The molecule has 34 heavy (non-hydrogen) atoms. The van der Waals surface area contributed by atoms with Gasteiger partial charge in [-0.3, -0.25) is 4.79 Å². The van der Waals surface area contributed by atoms with Gasteiger partial charge in [-0.05, 0) is 93.2 Å². The van der Waals surface area contributed by atoms with Crippen LogP contribution in [0.1, 0.15) is 64.7 Å². The van der Waals surface area contributed by atoms with Gasteiger partial charge in [0.15, 0.2) is 24.0 Å². The van der Waals surface area contributed by atoms with Crippen molar-refractivity contribution in [2.45, 2.75) is 70.8 Å². The molecular formula is C29H35FO4. The molecule has 6 atom stereocenters. The lowest BCUT2D eigenvalue weighted by molar-refractivity contribution is -0.163. The SMILES string of the molecule is C#C.CCC12CCC3C4CCC(=O)C=C4CCC3C1CCC2OC(=O)COc1ccccc1F. The number of hydrogen-bond donors (Lipinski definition) is 0. The van der Waals surface area contributed by atoms with Crippen LogP contribution in [0.2, 0.25) is 0 Å². The van der Waals surface area contributed by atoms with E-state index in [1.807, 2.05) is 6.08 Å². The van der Waals surface area contributed by atoms with E-state index in [4.69, 9.17) is 9.47 Å². The molecule has 5 heteroatoms. The van der Waals surface area contributed by atoms with Crippen molar-refractivity contribution in [1.82, 2.24) is 0 Å². The Morgan fingerprint density at radius 2 is 1.88 bits per heavy atom. The number of rotatable bonds is 5. The quantitative estimate of drug-likeness (QED) is 0.401. The molecule has 0 radical (unpaired) electrons. The first-order valence-corrected chi connectivity index (χ1v) is 12.7. The first-order valence-electron chi connectivity index (χ1n) is 12.7. The van der Waals surface area contributed by atoms with E-state index in [0.29, 0.717) is 35.9 Å². The predicted octanol–water partition coefficient (Wildman–Crippen LogP) is 5.90. The minimum absolute atomic E-state index is 0.0422. The van der Waals surface area contributed by atoms with Gasteiger partial charge in [0.05, 0.1) is 0 Å². The van der Waals surface area contributed by atoms with Crippen molar-refractivity contribution < 1.29 is 23.5 Å². The van der Waals surface area contributed by atoms with Crippen molar-refractivity contribution in [2.75, 3.05) is 6.61 Å². The summed E-state index contributed by atoms with van der Waals surface area (Å²) in [5.74, 6) is 2.00. The van der Waals surface area contributed by atoms with Crippen LogP contribution < -0.4 is 4.74 Å². The summed E-state index contributed by atoms with van der Waals surface area (Å²) in [6, 6.07) is 6.12. The molecule has 0 saturated heterocycles. The lowest BCUT2D eigenvalue weighted by atomic mass is 9.51. The molecule has 0 aliphatic heterocycles. The Kier molecular flexibility index (Phi) is 7.45. The highest BCUT2D eigenvalue weighted by atomic mass is 19.1. The van der Waals surface area contributed by atoms with Gasteiger partial charge in [-0.2, -0.15) is 0 Å². The Balaban J connectivity index is 0.00000133. The lowest BCUT2D eigenvalue weighted by Crippen LogP contribution is -2.49. The third-order valence-electron chi connectivity index (χ3n) is 9.05. The average Bonchev–Trinajstić information content (AvgIpc) is 3.23. The van der Waals surface area contributed by atoms with Gasteiger partial charge in [0.25, 0.3) is 0 Å². The number of ketones is 1. The molecule has 6 unspecified atom stereocenters. The Labute approximate surface area is 202 Å². The number of halogens is 1. The molecule has 182 valence electrons. The molecule has 0 spiro atoms. The summed E-state index contributed by atoms with van der Waals surface area (Å²) in [7, 11) is 0. The fraction of sp³-hybridized carbons (Fsp3) is 0.586. The van der Waals surface area contributed by atoms with Crippen LogP contribution in [0.15, 0.2) is 35.9 Å². The molecule has 5 rings (SSSR count). The van der Waals surface area contributed by atoms with Gasteiger partial charge in [0.2, 0.25) is 0 Å². The molecule has 3 fully saturated rings. The molecule has 4 aliphatic rings. The van der Waals surface area contributed by atoms with Crippen molar-refractivity contribution in [3.63, 3.8) is 0 Å². The number of carbonyl (C=O) groups excluding carboxylic acids is 2. The maximum Gasteiger partial charge on any atom is 0.344 e. The van der Waals surface area contributed by atoms with Crippen molar-refractivity contribution in [2.24, 2.45) is 29.1 Å². The summed E-state index contributed by atoms with van der Waals surface area (Å²) in [6.45, 7) is 1.97. The van der Waals surface area contributed by atoms with E-state index in [1.165, 1.54) is 17.7 Å². The maximum absolute atomic E-state index is 13.8. The van der Waals surface area contributed by atoms with Crippen molar-refractivity contribution in [3.8, 4) is 18.6 Å². The molecule has 4 aliphatic carbocycles. The topological polar surface area (TPSA) is 52.6 Å². The van der Waals surface area contributed by atoms with Gasteiger partial charge >= 0.3 is 5.97 Å². The van der Waals surface area contributed by atoms with Gasteiger partial charge in [-0.15, -0.1) is 12.8 Å². The summed E-state index contributed by atoms with van der Waals surface area (Å²) in [5.41, 5.74) is 1.44. The summed E-state index contributed by atoms with van der Waals surface area (Å²) in [4.78, 5) is 24.5. The van der Waals surface area contributed by atoms with Crippen LogP contribution in [0.25, 0.3) is 0 Å². The van der Waals surface area contributed by atoms with E-state index >= 15 is 0 Å². The molecule has 0 amide bonds.